The van der Waals surface area contributed by atoms with E-state index in [1.807, 2.05) is 30.3 Å². The molecule has 7 aromatic carbocycles. The van der Waals surface area contributed by atoms with Crippen molar-refractivity contribution in [3.05, 3.63) is 121 Å². The minimum atomic E-state index is 0.709. The molecule has 0 amide bonds. The molecular weight excluding hydrogens is 476 g/mol. The maximum atomic E-state index is 6.61. The molecular formula is C36H20N2O. The third-order valence-corrected chi connectivity index (χ3v) is 8.00. The van der Waals surface area contributed by atoms with Crippen molar-refractivity contribution < 1.29 is 4.42 Å². The molecule has 9 rings (SSSR count). The number of para-hydroxylation sites is 1. The molecule has 0 aliphatic heterocycles. The van der Waals surface area contributed by atoms with Crippen LogP contribution in [0.25, 0.3) is 87.8 Å². The summed E-state index contributed by atoms with van der Waals surface area (Å²) in [6.07, 6.45) is 0. The maximum Gasteiger partial charge on any atom is 0.160 e. The van der Waals surface area contributed by atoms with Crippen LogP contribution >= 0.6 is 0 Å². The van der Waals surface area contributed by atoms with E-state index in [0.717, 1.165) is 49.7 Å². The second-order valence-corrected chi connectivity index (χ2v) is 10.2. The Morgan fingerprint density at radius 1 is 0.462 bits per heavy atom. The van der Waals surface area contributed by atoms with E-state index in [9.17, 15) is 0 Å². The predicted octanol–water partition coefficient (Wildman–Crippen LogP) is 9.76. The van der Waals surface area contributed by atoms with Crippen molar-refractivity contribution in [2.45, 2.75) is 0 Å². The van der Waals surface area contributed by atoms with Gasteiger partial charge in [0.2, 0.25) is 0 Å². The van der Waals surface area contributed by atoms with E-state index >= 15 is 0 Å². The number of nitrogens with zero attached hydrogens (tertiary/aromatic N) is 2. The van der Waals surface area contributed by atoms with Gasteiger partial charge in [-0.2, -0.15) is 0 Å². The van der Waals surface area contributed by atoms with Gasteiger partial charge in [-0.05, 0) is 51.2 Å². The van der Waals surface area contributed by atoms with Crippen LogP contribution in [0, 0.1) is 0 Å². The molecule has 0 bridgehead atoms. The fraction of sp³-hybridized carbons (Fsp3) is 0. The van der Waals surface area contributed by atoms with Crippen molar-refractivity contribution in [1.82, 2.24) is 9.97 Å². The quantitative estimate of drug-likeness (QED) is 0.177. The highest BCUT2D eigenvalue weighted by molar-refractivity contribution is 6.36. The molecule has 180 valence electrons. The molecule has 0 saturated heterocycles. The van der Waals surface area contributed by atoms with Crippen LogP contribution in [0.15, 0.2) is 126 Å². The van der Waals surface area contributed by atoms with E-state index in [-0.39, 0.29) is 0 Å². The summed E-state index contributed by atoms with van der Waals surface area (Å²) in [4.78, 5) is 10.1. The lowest BCUT2D eigenvalue weighted by Crippen LogP contribution is -1.95. The van der Waals surface area contributed by atoms with Crippen LogP contribution in [0.2, 0.25) is 0 Å². The maximum absolute atomic E-state index is 6.61. The zero-order valence-corrected chi connectivity index (χ0v) is 20.8. The summed E-state index contributed by atoms with van der Waals surface area (Å²) in [6, 6.07) is 42.4. The summed E-state index contributed by atoms with van der Waals surface area (Å²) in [5.74, 6) is 0.709. The van der Waals surface area contributed by atoms with Crippen molar-refractivity contribution >= 4 is 65.2 Å². The lowest BCUT2D eigenvalue weighted by Gasteiger charge is -2.11. The summed E-state index contributed by atoms with van der Waals surface area (Å²) in [6.45, 7) is 0. The fourth-order valence-corrected chi connectivity index (χ4v) is 6.25. The van der Waals surface area contributed by atoms with Crippen LogP contribution in [-0.2, 0) is 0 Å². The molecule has 9 aromatic rings. The number of furan rings is 1. The molecule has 0 radical (unpaired) electrons. The van der Waals surface area contributed by atoms with Gasteiger partial charge < -0.3 is 4.42 Å². The SMILES string of the molecule is c1ccc(-c2nc(-c3ccc4cc5c6ccccc6c6cccc7oc(c4c3)c5c76)nc3ccccc23)cc1. The van der Waals surface area contributed by atoms with Gasteiger partial charge in [0.15, 0.2) is 5.82 Å². The number of hydrogen-bond acceptors (Lipinski definition) is 3. The van der Waals surface area contributed by atoms with Crippen LogP contribution in [-0.4, -0.2) is 9.97 Å². The van der Waals surface area contributed by atoms with Crippen LogP contribution in [0.3, 0.4) is 0 Å². The molecule has 2 aromatic heterocycles. The first-order valence-electron chi connectivity index (χ1n) is 13.2. The van der Waals surface area contributed by atoms with Crippen LogP contribution < -0.4 is 0 Å². The van der Waals surface area contributed by atoms with Gasteiger partial charge in [-0.1, -0.05) is 97.1 Å². The van der Waals surface area contributed by atoms with Crippen LogP contribution in [0.1, 0.15) is 0 Å². The summed E-state index contributed by atoms with van der Waals surface area (Å²) in [5.41, 5.74) is 5.76. The Kier molecular flexibility index (Phi) is 4.05. The van der Waals surface area contributed by atoms with Crippen molar-refractivity contribution in [2.24, 2.45) is 0 Å². The average molecular weight is 497 g/mol. The normalized spacial score (nSPS) is 12.1. The Bertz CT molecular complexity index is 2390. The van der Waals surface area contributed by atoms with Crippen LogP contribution in [0.4, 0.5) is 0 Å². The smallest absolute Gasteiger partial charge is 0.160 e. The molecule has 0 aliphatic rings. The van der Waals surface area contributed by atoms with Gasteiger partial charge in [0.05, 0.1) is 11.2 Å². The van der Waals surface area contributed by atoms with Crippen molar-refractivity contribution in [1.29, 1.82) is 0 Å². The molecule has 3 nitrogen and oxygen atoms in total. The van der Waals surface area contributed by atoms with E-state index in [4.69, 9.17) is 14.4 Å². The summed E-state index contributed by atoms with van der Waals surface area (Å²) >= 11 is 0. The third kappa shape index (κ3) is 2.87. The summed E-state index contributed by atoms with van der Waals surface area (Å²) in [5, 5.41) is 10.6. The number of benzene rings is 7. The molecule has 2 heterocycles. The van der Waals surface area contributed by atoms with Crippen molar-refractivity contribution in [3.63, 3.8) is 0 Å². The Labute approximate surface area is 223 Å². The van der Waals surface area contributed by atoms with Gasteiger partial charge in [-0.25, -0.2) is 9.97 Å². The standard InChI is InChI=1S/C36H20N2O/c1-2-9-21(10-3-1)34-27-13-6-7-15-30(27)37-36(38-34)23-18-17-22-19-29-25-12-5-4-11-24(25)26-14-8-16-31-32(26)33(29)35(39-31)28(22)20-23/h1-20H. The van der Waals surface area contributed by atoms with E-state index in [1.54, 1.807) is 0 Å². The van der Waals surface area contributed by atoms with Gasteiger partial charge in [0.25, 0.3) is 0 Å². The van der Waals surface area contributed by atoms with Gasteiger partial charge in [-0.15, -0.1) is 0 Å². The molecule has 0 saturated carbocycles. The second-order valence-electron chi connectivity index (χ2n) is 10.2. The van der Waals surface area contributed by atoms with E-state index in [0.29, 0.717) is 5.82 Å². The Hall–Kier alpha value is -5.28. The monoisotopic (exact) mass is 496 g/mol. The van der Waals surface area contributed by atoms with Gasteiger partial charge in [0, 0.05) is 32.7 Å². The van der Waals surface area contributed by atoms with Gasteiger partial charge in [0.1, 0.15) is 11.2 Å². The van der Waals surface area contributed by atoms with Gasteiger partial charge >= 0.3 is 0 Å². The van der Waals surface area contributed by atoms with Crippen molar-refractivity contribution in [3.8, 4) is 22.6 Å². The number of aromatic nitrogens is 2. The highest BCUT2D eigenvalue weighted by atomic mass is 16.3. The van der Waals surface area contributed by atoms with Gasteiger partial charge in [-0.3, -0.25) is 0 Å². The largest absolute Gasteiger partial charge is 0.455 e. The number of rotatable bonds is 2. The zero-order valence-electron chi connectivity index (χ0n) is 20.8. The highest BCUT2D eigenvalue weighted by Gasteiger charge is 2.20. The minimum absolute atomic E-state index is 0.709. The fourth-order valence-electron chi connectivity index (χ4n) is 6.25. The molecule has 0 fully saturated rings. The zero-order chi connectivity index (χ0) is 25.5. The average Bonchev–Trinajstić information content (AvgIpc) is 3.41. The predicted molar refractivity (Wildman–Crippen MR) is 161 cm³/mol. The molecule has 0 N–H and O–H groups in total. The highest BCUT2D eigenvalue weighted by Crippen LogP contribution is 2.45. The molecule has 0 unspecified atom stereocenters. The lowest BCUT2D eigenvalue weighted by molar-refractivity contribution is 0.673. The Balaban J connectivity index is 1.37. The van der Waals surface area contributed by atoms with Crippen LogP contribution in [0.5, 0.6) is 0 Å². The lowest BCUT2D eigenvalue weighted by atomic mass is 9.92. The molecule has 0 spiro atoms. The number of fused-ring (bicyclic) bond motifs is 6. The Morgan fingerprint density at radius 3 is 2.08 bits per heavy atom. The summed E-state index contributed by atoms with van der Waals surface area (Å²) in [7, 11) is 0. The van der Waals surface area contributed by atoms with Crippen molar-refractivity contribution in [2.75, 3.05) is 0 Å². The first-order chi connectivity index (χ1) is 19.3. The number of hydrogen-bond donors (Lipinski definition) is 0. The minimum Gasteiger partial charge on any atom is -0.455 e. The summed E-state index contributed by atoms with van der Waals surface area (Å²) < 4.78 is 6.61. The second kappa shape index (κ2) is 7.62. The molecule has 3 heteroatoms. The van der Waals surface area contributed by atoms with E-state index < -0.39 is 0 Å². The molecule has 39 heavy (non-hydrogen) atoms. The first-order valence-corrected chi connectivity index (χ1v) is 13.2. The topological polar surface area (TPSA) is 38.9 Å². The molecule has 0 atom stereocenters. The van der Waals surface area contributed by atoms with E-state index in [1.165, 1.54) is 32.3 Å². The third-order valence-electron chi connectivity index (χ3n) is 8.00. The first kappa shape index (κ1) is 20.7. The Morgan fingerprint density at radius 2 is 1.21 bits per heavy atom. The van der Waals surface area contributed by atoms with E-state index in [2.05, 4.69) is 91.0 Å². The molecule has 0 aliphatic carbocycles.